The zero-order chi connectivity index (χ0) is 14.8. The van der Waals surface area contributed by atoms with Gasteiger partial charge in [-0.25, -0.2) is 0 Å². The first kappa shape index (κ1) is 13.1. The molecule has 1 aromatic heterocycles. The van der Waals surface area contributed by atoms with E-state index in [4.69, 9.17) is 5.73 Å². The van der Waals surface area contributed by atoms with Crippen molar-refractivity contribution in [3.05, 3.63) is 71.9 Å². The maximum absolute atomic E-state index is 12.5. The molecule has 0 spiro atoms. The number of hydrogen-bond acceptors (Lipinski definition) is 2. The van der Waals surface area contributed by atoms with Crippen molar-refractivity contribution in [3.63, 3.8) is 0 Å². The van der Waals surface area contributed by atoms with Crippen LogP contribution in [0.2, 0.25) is 0 Å². The maximum Gasteiger partial charge on any atom is 0.250 e. The molecular formula is C17H14N2O2. The Hall–Kier alpha value is -2.88. The largest absolute Gasteiger partial charge is 0.366 e. The van der Waals surface area contributed by atoms with Crippen LogP contribution in [0.3, 0.4) is 0 Å². The fourth-order valence-electron chi connectivity index (χ4n) is 2.44. The highest BCUT2D eigenvalue weighted by Gasteiger charge is 2.16. The molecule has 0 unspecified atom stereocenters. The maximum atomic E-state index is 12.5. The van der Waals surface area contributed by atoms with Gasteiger partial charge in [0.25, 0.3) is 5.91 Å². The number of carbonyl (C=O) groups excluding carboxylic acids is 2. The molecule has 4 heteroatoms. The van der Waals surface area contributed by atoms with Crippen molar-refractivity contribution in [1.29, 1.82) is 0 Å². The average molecular weight is 278 g/mol. The summed E-state index contributed by atoms with van der Waals surface area (Å²) in [5, 5.41) is 0.700. The number of fused-ring (bicyclic) bond motifs is 1. The van der Waals surface area contributed by atoms with Gasteiger partial charge in [-0.2, -0.15) is 0 Å². The van der Waals surface area contributed by atoms with E-state index in [1.807, 2.05) is 48.5 Å². The van der Waals surface area contributed by atoms with E-state index in [0.717, 1.165) is 5.56 Å². The second-order valence-corrected chi connectivity index (χ2v) is 4.85. The molecule has 3 aromatic rings. The Morgan fingerprint density at radius 1 is 0.952 bits per heavy atom. The lowest BCUT2D eigenvalue weighted by Crippen LogP contribution is -2.13. The molecule has 0 aliphatic heterocycles. The van der Waals surface area contributed by atoms with Gasteiger partial charge in [0, 0.05) is 11.6 Å². The zero-order valence-electron chi connectivity index (χ0n) is 11.3. The molecule has 0 atom stereocenters. The van der Waals surface area contributed by atoms with Gasteiger partial charge in [0.1, 0.15) is 0 Å². The number of primary amides is 1. The topological polar surface area (TPSA) is 65.1 Å². The monoisotopic (exact) mass is 278 g/mol. The van der Waals surface area contributed by atoms with Crippen LogP contribution < -0.4 is 5.73 Å². The van der Waals surface area contributed by atoms with Crippen LogP contribution in [0.1, 0.15) is 20.7 Å². The summed E-state index contributed by atoms with van der Waals surface area (Å²) >= 11 is 0. The molecule has 0 aliphatic carbocycles. The predicted octanol–water partition coefficient (Wildman–Crippen LogP) is 2.62. The summed E-state index contributed by atoms with van der Waals surface area (Å²) in [5.41, 5.74) is 7.38. The van der Waals surface area contributed by atoms with E-state index in [2.05, 4.69) is 0 Å². The number of benzene rings is 2. The first-order chi connectivity index (χ1) is 10.2. The Morgan fingerprint density at radius 3 is 2.33 bits per heavy atom. The van der Waals surface area contributed by atoms with Crippen LogP contribution in [0.15, 0.2) is 60.8 Å². The van der Waals surface area contributed by atoms with Crippen molar-refractivity contribution in [2.45, 2.75) is 6.42 Å². The van der Waals surface area contributed by atoms with Gasteiger partial charge >= 0.3 is 0 Å². The molecule has 4 nitrogen and oxygen atoms in total. The zero-order valence-corrected chi connectivity index (χ0v) is 11.3. The lowest BCUT2D eigenvalue weighted by atomic mass is 10.1. The van der Waals surface area contributed by atoms with Gasteiger partial charge in [-0.05, 0) is 11.6 Å². The van der Waals surface area contributed by atoms with Gasteiger partial charge in [0.2, 0.25) is 5.91 Å². The third-order valence-electron chi connectivity index (χ3n) is 3.44. The molecule has 0 saturated carbocycles. The van der Waals surface area contributed by atoms with E-state index in [0.29, 0.717) is 16.5 Å². The van der Waals surface area contributed by atoms with Crippen LogP contribution in [-0.4, -0.2) is 16.4 Å². The summed E-state index contributed by atoms with van der Waals surface area (Å²) in [6.07, 6.45) is 1.80. The Labute approximate surface area is 121 Å². The predicted molar refractivity (Wildman–Crippen MR) is 81.2 cm³/mol. The van der Waals surface area contributed by atoms with Crippen molar-refractivity contribution in [2.75, 3.05) is 0 Å². The van der Waals surface area contributed by atoms with E-state index in [9.17, 15) is 9.59 Å². The third kappa shape index (κ3) is 2.43. The van der Waals surface area contributed by atoms with Gasteiger partial charge in [0.15, 0.2) is 0 Å². The Kier molecular flexibility index (Phi) is 3.28. The number of rotatable bonds is 3. The molecule has 0 fully saturated rings. The summed E-state index contributed by atoms with van der Waals surface area (Å²) in [4.78, 5) is 24.0. The lowest BCUT2D eigenvalue weighted by molar-refractivity contribution is 0.0919. The number of para-hydroxylation sites is 1. The van der Waals surface area contributed by atoms with Gasteiger partial charge in [-0.15, -0.1) is 0 Å². The minimum atomic E-state index is -0.530. The highest BCUT2D eigenvalue weighted by Crippen LogP contribution is 2.21. The quantitative estimate of drug-likeness (QED) is 0.800. The molecule has 0 saturated heterocycles. The van der Waals surface area contributed by atoms with Crippen LogP contribution >= 0.6 is 0 Å². The van der Waals surface area contributed by atoms with Gasteiger partial charge in [-0.3, -0.25) is 14.2 Å². The van der Waals surface area contributed by atoms with Crippen LogP contribution in [0, 0.1) is 0 Å². The summed E-state index contributed by atoms with van der Waals surface area (Å²) in [5.74, 6) is -0.623. The number of nitrogens with two attached hydrogens (primary N) is 1. The molecule has 1 amide bonds. The molecule has 2 aromatic carbocycles. The first-order valence-electron chi connectivity index (χ1n) is 6.64. The molecule has 0 radical (unpaired) electrons. The van der Waals surface area contributed by atoms with Crippen LogP contribution in [0.4, 0.5) is 0 Å². The molecule has 0 bridgehead atoms. The van der Waals surface area contributed by atoms with Crippen LogP contribution in [0.5, 0.6) is 0 Å². The highest BCUT2D eigenvalue weighted by molar-refractivity contribution is 6.08. The van der Waals surface area contributed by atoms with Crippen molar-refractivity contribution in [3.8, 4) is 0 Å². The number of nitrogens with zero attached hydrogens (tertiary/aromatic N) is 1. The average Bonchev–Trinajstić information content (AvgIpc) is 2.88. The second-order valence-electron chi connectivity index (χ2n) is 4.85. The molecular weight excluding hydrogens is 264 g/mol. The normalized spacial score (nSPS) is 10.7. The fraction of sp³-hybridized carbons (Fsp3) is 0.0588. The van der Waals surface area contributed by atoms with Crippen molar-refractivity contribution in [1.82, 2.24) is 4.57 Å². The smallest absolute Gasteiger partial charge is 0.250 e. The standard InChI is InChI=1S/C17H14N2O2/c18-17(21)14-11-19(15-9-5-4-8-13(14)15)16(20)10-12-6-2-1-3-7-12/h1-9,11H,10H2,(H2,18,21). The molecule has 21 heavy (non-hydrogen) atoms. The molecule has 2 N–H and O–H groups in total. The van der Waals surface area contributed by atoms with E-state index in [1.165, 1.54) is 10.8 Å². The van der Waals surface area contributed by atoms with Crippen LogP contribution in [0.25, 0.3) is 10.9 Å². The Morgan fingerprint density at radius 2 is 1.62 bits per heavy atom. The SMILES string of the molecule is NC(=O)c1cn(C(=O)Cc2ccccc2)c2ccccc12. The summed E-state index contributed by atoms with van der Waals surface area (Å²) in [6.45, 7) is 0. The minimum Gasteiger partial charge on any atom is -0.366 e. The number of hydrogen-bond donors (Lipinski definition) is 1. The molecule has 104 valence electrons. The Balaban J connectivity index is 2.04. The van der Waals surface area contributed by atoms with E-state index in [-0.39, 0.29) is 12.3 Å². The van der Waals surface area contributed by atoms with E-state index < -0.39 is 5.91 Å². The minimum absolute atomic E-state index is 0.0927. The van der Waals surface area contributed by atoms with Crippen molar-refractivity contribution < 1.29 is 9.59 Å². The van der Waals surface area contributed by atoms with E-state index in [1.54, 1.807) is 6.07 Å². The van der Waals surface area contributed by atoms with Crippen molar-refractivity contribution >= 4 is 22.7 Å². The lowest BCUT2D eigenvalue weighted by Gasteiger charge is -2.04. The summed E-state index contributed by atoms with van der Waals surface area (Å²) < 4.78 is 1.50. The van der Waals surface area contributed by atoms with Gasteiger partial charge in [0.05, 0.1) is 17.5 Å². The number of aromatic nitrogens is 1. The highest BCUT2D eigenvalue weighted by atomic mass is 16.2. The van der Waals surface area contributed by atoms with E-state index >= 15 is 0 Å². The molecule has 0 aliphatic rings. The summed E-state index contributed by atoms with van der Waals surface area (Å²) in [7, 11) is 0. The first-order valence-corrected chi connectivity index (χ1v) is 6.64. The third-order valence-corrected chi connectivity index (χ3v) is 3.44. The fourth-order valence-corrected chi connectivity index (χ4v) is 2.44. The van der Waals surface area contributed by atoms with Crippen molar-refractivity contribution in [2.24, 2.45) is 5.73 Å². The molecule has 3 rings (SSSR count). The Bertz CT molecular complexity index is 819. The number of amides is 1. The molecule has 1 heterocycles. The second kappa shape index (κ2) is 5.25. The summed E-state index contributed by atoms with van der Waals surface area (Å²) in [6, 6.07) is 16.8. The van der Waals surface area contributed by atoms with Crippen LogP contribution in [-0.2, 0) is 6.42 Å². The number of carbonyl (C=O) groups is 2. The van der Waals surface area contributed by atoms with Gasteiger partial charge in [-0.1, -0.05) is 48.5 Å². The van der Waals surface area contributed by atoms with Gasteiger partial charge < -0.3 is 5.73 Å².